The number of nitrogens with one attached hydrogen (secondary N) is 2. The first-order chi connectivity index (χ1) is 12.1. The second-order valence-corrected chi connectivity index (χ2v) is 7.12. The molecule has 3 aromatic rings. The van der Waals surface area contributed by atoms with E-state index in [1.165, 1.54) is 11.8 Å². The predicted octanol–water partition coefficient (Wildman–Crippen LogP) is 4.73. The SMILES string of the molecule is CCOc1ccc2nc(SC(C)C(=O)Nc3ccccc3Cl)[nH]c2c1. The molecule has 25 heavy (non-hydrogen) atoms. The van der Waals surface area contributed by atoms with E-state index in [-0.39, 0.29) is 11.2 Å². The number of hydrogen-bond acceptors (Lipinski definition) is 4. The van der Waals surface area contributed by atoms with Crippen LogP contribution in [0.4, 0.5) is 5.69 Å². The molecule has 0 saturated heterocycles. The molecule has 130 valence electrons. The third kappa shape index (κ3) is 4.27. The van der Waals surface area contributed by atoms with E-state index in [0.29, 0.717) is 22.5 Å². The molecule has 0 spiro atoms. The zero-order chi connectivity index (χ0) is 17.8. The number of aromatic amines is 1. The first-order valence-electron chi connectivity index (χ1n) is 7.91. The van der Waals surface area contributed by atoms with Crippen LogP contribution in [0.15, 0.2) is 47.6 Å². The lowest BCUT2D eigenvalue weighted by Crippen LogP contribution is -2.22. The molecular formula is C18H18ClN3O2S. The van der Waals surface area contributed by atoms with Crippen LogP contribution in [0.2, 0.25) is 5.02 Å². The largest absolute Gasteiger partial charge is 0.494 e. The van der Waals surface area contributed by atoms with Gasteiger partial charge in [-0.1, -0.05) is 35.5 Å². The van der Waals surface area contributed by atoms with E-state index in [1.54, 1.807) is 12.1 Å². The molecule has 0 saturated carbocycles. The van der Waals surface area contributed by atoms with Crippen molar-refractivity contribution in [2.24, 2.45) is 0 Å². The molecule has 0 fully saturated rings. The number of carbonyl (C=O) groups is 1. The molecule has 0 radical (unpaired) electrons. The number of carbonyl (C=O) groups excluding carboxylic acids is 1. The van der Waals surface area contributed by atoms with Gasteiger partial charge in [-0.2, -0.15) is 0 Å². The average molecular weight is 376 g/mol. The highest BCUT2D eigenvalue weighted by Gasteiger charge is 2.17. The van der Waals surface area contributed by atoms with E-state index in [0.717, 1.165) is 16.8 Å². The molecule has 0 aliphatic heterocycles. The Balaban J connectivity index is 1.69. The van der Waals surface area contributed by atoms with Crippen LogP contribution in [-0.2, 0) is 4.79 Å². The predicted molar refractivity (Wildman–Crippen MR) is 103 cm³/mol. The topological polar surface area (TPSA) is 67.0 Å². The fraction of sp³-hybridized carbons (Fsp3) is 0.222. The highest BCUT2D eigenvalue weighted by molar-refractivity contribution is 8.00. The minimum atomic E-state index is -0.330. The number of amides is 1. The summed E-state index contributed by atoms with van der Waals surface area (Å²) in [7, 11) is 0. The Morgan fingerprint density at radius 3 is 2.92 bits per heavy atom. The third-order valence-electron chi connectivity index (χ3n) is 3.53. The fourth-order valence-corrected chi connectivity index (χ4v) is 3.30. The number of nitrogens with zero attached hydrogens (tertiary/aromatic N) is 1. The third-order valence-corrected chi connectivity index (χ3v) is 4.85. The normalized spacial score (nSPS) is 12.1. The van der Waals surface area contributed by atoms with Gasteiger partial charge in [0.1, 0.15) is 5.75 Å². The van der Waals surface area contributed by atoms with E-state index in [4.69, 9.17) is 16.3 Å². The lowest BCUT2D eigenvalue weighted by molar-refractivity contribution is -0.115. The van der Waals surface area contributed by atoms with Crippen molar-refractivity contribution in [2.75, 3.05) is 11.9 Å². The molecule has 7 heteroatoms. The maximum absolute atomic E-state index is 12.4. The highest BCUT2D eigenvalue weighted by Crippen LogP contribution is 2.27. The number of halogens is 1. The molecule has 1 heterocycles. The zero-order valence-electron chi connectivity index (χ0n) is 13.9. The Hall–Kier alpha value is -2.18. The molecular weight excluding hydrogens is 358 g/mol. The molecule has 0 aliphatic carbocycles. The standard InChI is InChI=1S/C18H18ClN3O2S/c1-3-24-12-8-9-15-16(10-12)22-18(21-15)25-11(2)17(23)20-14-7-5-4-6-13(14)19/h4-11H,3H2,1-2H3,(H,20,23)(H,21,22). The van der Waals surface area contributed by atoms with Crippen LogP contribution >= 0.6 is 23.4 Å². The number of imidazole rings is 1. The van der Waals surface area contributed by atoms with E-state index >= 15 is 0 Å². The first kappa shape index (κ1) is 17.6. The molecule has 5 nitrogen and oxygen atoms in total. The van der Waals surface area contributed by atoms with Crippen molar-refractivity contribution in [1.82, 2.24) is 9.97 Å². The van der Waals surface area contributed by atoms with Crippen LogP contribution in [0.5, 0.6) is 5.75 Å². The van der Waals surface area contributed by atoms with Crippen LogP contribution in [0.1, 0.15) is 13.8 Å². The lowest BCUT2D eigenvalue weighted by atomic mass is 10.3. The van der Waals surface area contributed by atoms with Gasteiger partial charge in [0.2, 0.25) is 5.91 Å². The molecule has 0 aliphatic rings. The smallest absolute Gasteiger partial charge is 0.237 e. The summed E-state index contributed by atoms with van der Waals surface area (Å²) in [6.07, 6.45) is 0. The summed E-state index contributed by atoms with van der Waals surface area (Å²) in [6.45, 7) is 4.38. The van der Waals surface area contributed by atoms with Crippen LogP contribution in [0, 0.1) is 0 Å². The average Bonchev–Trinajstić information content (AvgIpc) is 2.98. The van der Waals surface area contributed by atoms with Crippen molar-refractivity contribution in [3.05, 3.63) is 47.5 Å². The quantitative estimate of drug-likeness (QED) is 0.611. The van der Waals surface area contributed by atoms with E-state index in [9.17, 15) is 4.79 Å². The van der Waals surface area contributed by atoms with Crippen LogP contribution in [-0.4, -0.2) is 27.7 Å². The molecule has 1 aromatic heterocycles. The van der Waals surface area contributed by atoms with Gasteiger partial charge in [-0.25, -0.2) is 4.98 Å². The number of ether oxygens (including phenoxy) is 1. The fourth-order valence-electron chi connectivity index (χ4n) is 2.30. The number of thioether (sulfide) groups is 1. The van der Waals surface area contributed by atoms with Crippen molar-refractivity contribution in [2.45, 2.75) is 24.3 Å². The molecule has 1 unspecified atom stereocenters. The Bertz CT molecular complexity index is 897. The number of fused-ring (bicyclic) bond motifs is 1. The van der Waals surface area contributed by atoms with E-state index in [1.807, 2.05) is 44.2 Å². The summed E-state index contributed by atoms with van der Waals surface area (Å²) >= 11 is 7.43. The van der Waals surface area contributed by atoms with Crippen molar-refractivity contribution >= 4 is 46.0 Å². The first-order valence-corrected chi connectivity index (χ1v) is 9.17. The monoisotopic (exact) mass is 375 g/mol. The van der Waals surface area contributed by atoms with E-state index in [2.05, 4.69) is 15.3 Å². The van der Waals surface area contributed by atoms with Gasteiger partial charge in [0.05, 0.1) is 33.6 Å². The number of aromatic nitrogens is 2. The second-order valence-electron chi connectivity index (χ2n) is 5.38. The number of benzene rings is 2. The summed E-state index contributed by atoms with van der Waals surface area (Å²) in [4.78, 5) is 20.1. The lowest BCUT2D eigenvalue weighted by Gasteiger charge is -2.11. The summed E-state index contributed by atoms with van der Waals surface area (Å²) in [5, 5.41) is 3.71. The molecule has 3 rings (SSSR count). The van der Waals surface area contributed by atoms with Crippen molar-refractivity contribution in [3.63, 3.8) is 0 Å². The minimum absolute atomic E-state index is 0.131. The minimum Gasteiger partial charge on any atom is -0.494 e. The number of hydrogen-bond donors (Lipinski definition) is 2. The second kappa shape index (κ2) is 7.80. The number of rotatable bonds is 6. The Morgan fingerprint density at radius 1 is 1.36 bits per heavy atom. The van der Waals surface area contributed by atoms with Gasteiger partial charge in [0.15, 0.2) is 5.16 Å². The maximum Gasteiger partial charge on any atom is 0.237 e. The number of anilines is 1. The molecule has 1 amide bonds. The highest BCUT2D eigenvalue weighted by atomic mass is 35.5. The summed E-state index contributed by atoms with van der Waals surface area (Å²) in [6, 6.07) is 12.8. The van der Waals surface area contributed by atoms with Gasteiger partial charge in [0, 0.05) is 6.07 Å². The summed E-state index contributed by atoms with van der Waals surface area (Å²) in [5.74, 6) is 0.660. The van der Waals surface area contributed by atoms with E-state index < -0.39 is 0 Å². The number of H-pyrrole nitrogens is 1. The maximum atomic E-state index is 12.4. The van der Waals surface area contributed by atoms with Crippen LogP contribution in [0.3, 0.4) is 0 Å². The van der Waals surface area contributed by atoms with Crippen molar-refractivity contribution in [3.8, 4) is 5.75 Å². The molecule has 1 atom stereocenters. The van der Waals surface area contributed by atoms with Gasteiger partial charge in [-0.15, -0.1) is 0 Å². The summed E-state index contributed by atoms with van der Waals surface area (Å²) in [5.41, 5.74) is 2.32. The molecule has 0 bridgehead atoms. The van der Waals surface area contributed by atoms with Gasteiger partial charge in [0.25, 0.3) is 0 Å². The van der Waals surface area contributed by atoms with Crippen molar-refractivity contribution in [1.29, 1.82) is 0 Å². The van der Waals surface area contributed by atoms with Gasteiger partial charge in [-0.05, 0) is 38.1 Å². The van der Waals surface area contributed by atoms with Gasteiger partial charge < -0.3 is 15.0 Å². The number of para-hydroxylation sites is 1. The van der Waals surface area contributed by atoms with Crippen LogP contribution in [0.25, 0.3) is 11.0 Å². The van der Waals surface area contributed by atoms with Gasteiger partial charge >= 0.3 is 0 Å². The Morgan fingerprint density at radius 2 is 2.16 bits per heavy atom. The molecule has 2 aromatic carbocycles. The zero-order valence-corrected chi connectivity index (χ0v) is 15.4. The Labute approximate surface area is 155 Å². The Kier molecular flexibility index (Phi) is 5.50. The van der Waals surface area contributed by atoms with Crippen molar-refractivity contribution < 1.29 is 9.53 Å². The summed E-state index contributed by atoms with van der Waals surface area (Å²) < 4.78 is 5.49. The van der Waals surface area contributed by atoms with Gasteiger partial charge in [-0.3, -0.25) is 4.79 Å². The van der Waals surface area contributed by atoms with Crippen LogP contribution < -0.4 is 10.1 Å². The molecule has 2 N–H and O–H groups in total.